The van der Waals surface area contributed by atoms with Crippen LogP contribution in [0, 0.1) is 5.82 Å². The molecule has 9 heteroatoms. The summed E-state index contributed by atoms with van der Waals surface area (Å²) in [5.41, 5.74) is 1.77. The standard InChI is InChI=1S/C27H26ClF3N2O3/c1-36-23-13-4-18(5-14-23)6-15-25(34)33(17-24(30)31)26(20-7-11-22(29)12-8-20)27(35)32-16-19-2-9-21(28)10-3-19/h2-5,7-14,24,26H,6,15-17H2,1H3,(H,32,35). The fourth-order valence-corrected chi connectivity index (χ4v) is 3.82. The molecule has 3 rings (SSSR count). The molecule has 5 nitrogen and oxygen atoms in total. The molecule has 0 radical (unpaired) electrons. The highest BCUT2D eigenvalue weighted by atomic mass is 35.5. The predicted molar refractivity (Wildman–Crippen MR) is 131 cm³/mol. The molecule has 0 aliphatic heterocycles. The first-order valence-electron chi connectivity index (χ1n) is 11.2. The van der Waals surface area contributed by atoms with Gasteiger partial charge in [0.2, 0.25) is 11.8 Å². The van der Waals surface area contributed by atoms with Crippen LogP contribution in [-0.2, 0) is 22.6 Å². The van der Waals surface area contributed by atoms with Gasteiger partial charge in [-0.15, -0.1) is 0 Å². The first kappa shape index (κ1) is 27.1. The van der Waals surface area contributed by atoms with E-state index in [-0.39, 0.29) is 24.9 Å². The Kier molecular flexibility index (Phi) is 9.76. The van der Waals surface area contributed by atoms with E-state index in [1.54, 1.807) is 48.5 Å². The molecule has 1 N–H and O–H groups in total. The third-order valence-electron chi connectivity index (χ3n) is 5.57. The summed E-state index contributed by atoms with van der Waals surface area (Å²) in [7, 11) is 1.54. The van der Waals surface area contributed by atoms with E-state index in [2.05, 4.69) is 5.32 Å². The van der Waals surface area contributed by atoms with Crippen LogP contribution in [0.5, 0.6) is 5.75 Å². The number of carbonyl (C=O) groups is 2. The molecule has 0 spiro atoms. The number of nitrogens with zero attached hydrogens (tertiary/aromatic N) is 1. The fourth-order valence-electron chi connectivity index (χ4n) is 3.69. The third kappa shape index (κ3) is 7.75. The number of hydrogen-bond donors (Lipinski definition) is 1. The molecule has 1 unspecified atom stereocenters. The topological polar surface area (TPSA) is 58.6 Å². The Morgan fingerprint density at radius 1 is 0.944 bits per heavy atom. The maximum atomic E-state index is 13.6. The fraction of sp³-hybridized carbons (Fsp3) is 0.259. The number of hydrogen-bond acceptors (Lipinski definition) is 3. The summed E-state index contributed by atoms with van der Waals surface area (Å²) in [6, 6.07) is 17.3. The first-order valence-corrected chi connectivity index (χ1v) is 11.6. The van der Waals surface area contributed by atoms with Crippen molar-refractivity contribution in [2.45, 2.75) is 31.9 Å². The van der Waals surface area contributed by atoms with E-state index in [4.69, 9.17) is 16.3 Å². The van der Waals surface area contributed by atoms with Crippen molar-refractivity contribution >= 4 is 23.4 Å². The molecule has 3 aromatic rings. The number of halogens is 4. The molecular weight excluding hydrogens is 493 g/mol. The van der Waals surface area contributed by atoms with Gasteiger partial charge in [-0.3, -0.25) is 9.59 Å². The molecule has 0 saturated heterocycles. The van der Waals surface area contributed by atoms with Gasteiger partial charge < -0.3 is 15.0 Å². The van der Waals surface area contributed by atoms with Crippen LogP contribution in [0.3, 0.4) is 0 Å². The second-order valence-electron chi connectivity index (χ2n) is 8.08. The smallest absolute Gasteiger partial charge is 0.255 e. The molecule has 0 aliphatic carbocycles. The van der Waals surface area contributed by atoms with Crippen molar-refractivity contribution in [3.8, 4) is 5.75 Å². The highest BCUT2D eigenvalue weighted by molar-refractivity contribution is 6.30. The Morgan fingerprint density at radius 3 is 2.14 bits per heavy atom. The van der Waals surface area contributed by atoms with Gasteiger partial charge in [0.05, 0.1) is 13.7 Å². The molecule has 0 fully saturated rings. The van der Waals surface area contributed by atoms with Gasteiger partial charge in [0, 0.05) is 18.0 Å². The molecule has 0 aromatic heterocycles. The van der Waals surface area contributed by atoms with Crippen LogP contribution >= 0.6 is 11.6 Å². The van der Waals surface area contributed by atoms with Crippen molar-refractivity contribution in [2.75, 3.05) is 13.7 Å². The van der Waals surface area contributed by atoms with Crippen molar-refractivity contribution in [3.05, 3.63) is 100 Å². The van der Waals surface area contributed by atoms with Crippen LogP contribution in [0.2, 0.25) is 5.02 Å². The van der Waals surface area contributed by atoms with Crippen LogP contribution < -0.4 is 10.1 Å². The van der Waals surface area contributed by atoms with E-state index >= 15 is 0 Å². The first-order chi connectivity index (χ1) is 17.3. The van der Waals surface area contributed by atoms with E-state index in [1.165, 1.54) is 19.2 Å². The van der Waals surface area contributed by atoms with Crippen molar-refractivity contribution in [1.82, 2.24) is 10.2 Å². The zero-order valence-electron chi connectivity index (χ0n) is 19.6. The van der Waals surface area contributed by atoms with Gasteiger partial charge in [-0.2, -0.15) is 0 Å². The van der Waals surface area contributed by atoms with Crippen LogP contribution in [0.1, 0.15) is 29.2 Å². The van der Waals surface area contributed by atoms with Crippen molar-refractivity contribution < 1.29 is 27.5 Å². The molecule has 0 saturated carbocycles. The summed E-state index contributed by atoms with van der Waals surface area (Å²) in [5.74, 6) is -1.18. The van der Waals surface area contributed by atoms with E-state index in [0.29, 0.717) is 10.8 Å². The Bertz CT molecular complexity index is 1140. The molecule has 0 bridgehead atoms. The highest BCUT2D eigenvalue weighted by Gasteiger charge is 2.33. The lowest BCUT2D eigenvalue weighted by Crippen LogP contribution is -2.45. The summed E-state index contributed by atoms with van der Waals surface area (Å²) in [5, 5.41) is 3.23. The number of aryl methyl sites for hydroxylation is 1. The van der Waals surface area contributed by atoms with E-state index < -0.39 is 36.6 Å². The second-order valence-corrected chi connectivity index (χ2v) is 8.52. The normalized spacial score (nSPS) is 11.7. The lowest BCUT2D eigenvalue weighted by atomic mass is 10.0. The Labute approximate surface area is 212 Å². The number of carbonyl (C=O) groups excluding carboxylic acids is 2. The number of nitrogens with one attached hydrogen (secondary N) is 1. The van der Waals surface area contributed by atoms with Gasteiger partial charge in [0.1, 0.15) is 17.6 Å². The Balaban J connectivity index is 1.83. The van der Waals surface area contributed by atoms with Crippen LogP contribution in [0.15, 0.2) is 72.8 Å². The molecule has 1 atom stereocenters. The van der Waals surface area contributed by atoms with Gasteiger partial charge in [-0.25, -0.2) is 13.2 Å². The Hall–Kier alpha value is -3.52. The average molecular weight is 519 g/mol. The lowest BCUT2D eigenvalue weighted by molar-refractivity contribution is -0.143. The SMILES string of the molecule is COc1ccc(CCC(=O)N(CC(F)F)C(C(=O)NCc2ccc(Cl)cc2)c2ccc(F)cc2)cc1. The third-order valence-corrected chi connectivity index (χ3v) is 5.82. The number of alkyl halides is 2. The summed E-state index contributed by atoms with van der Waals surface area (Å²) in [6.45, 7) is -0.853. The second kappa shape index (κ2) is 13.0. The predicted octanol–water partition coefficient (Wildman–Crippen LogP) is 5.57. The quantitative estimate of drug-likeness (QED) is 0.361. The minimum Gasteiger partial charge on any atom is -0.497 e. The van der Waals surface area contributed by atoms with E-state index in [0.717, 1.165) is 28.2 Å². The minimum absolute atomic E-state index is 0.0935. The molecule has 2 amide bonds. The highest BCUT2D eigenvalue weighted by Crippen LogP contribution is 2.25. The maximum Gasteiger partial charge on any atom is 0.255 e. The number of ether oxygens (including phenoxy) is 1. The van der Waals surface area contributed by atoms with Crippen molar-refractivity contribution in [3.63, 3.8) is 0 Å². The maximum absolute atomic E-state index is 13.6. The number of rotatable bonds is 11. The summed E-state index contributed by atoms with van der Waals surface area (Å²) in [4.78, 5) is 27.3. The molecule has 0 heterocycles. The van der Waals surface area contributed by atoms with Gasteiger partial charge in [0.15, 0.2) is 0 Å². The van der Waals surface area contributed by atoms with Gasteiger partial charge in [-0.1, -0.05) is 48.0 Å². The van der Waals surface area contributed by atoms with Crippen LogP contribution in [-0.4, -0.2) is 36.8 Å². The van der Waals surface area contributed by atoms with Crippen molar-refractivity contribution in [1.29, 1.82) is 0 Å². The summed E-state index contributed by atoms with van der Waals surface area (Å²) in [6.07, 6.45) is -2.69. The summed E-state index contributed by atoms with van der Waals surface area (Å²) >= 11 is 5.89. The molecule has 0 aliphatic rings. The van der Waals surface area contributed by atoms with E-state index in [9.17, 15) is 22.8 Å². The van der Waals surface area contributed by atoms with Gasteiger partial charge >= 0.3 is 0 Å². The lowest BCUT2D eigenvalue weighted by Gasteiger charge is -2.31. The molecule has 190 valence electrons. The molecule has 3 aromatic carbocycles. The van der Waals surface area contributed by atoms with Crippen molar-refractivity contribution in [2.24, 2.45) is 0 Å². The number of benzene rings is 3. The molecule has 36 heavy (non-hydrogen) atoms. The van der Waals surface area contributed by atoms with Gasteiger partial charge in [-0.05, 0) is 59.5 Å². The van der Waals surface area contributed by atoms with E-state index in [1.807, 2.05) is 0 Å². The Morgan fingerprint density at radius 2 is 1.56 bits per heavy atom. The monoisotopic (exact) mass is 518 g/mol. The minimum atomic E-state index is -2.87. The zero-order valence-corrected chi connectivity index (χ0v) is 20.4. The largest absolute Gasteiger partial charge is 0.497 e. The summed E-state index contributed by atoms with van der Waals surface area (Å²) < 4.78 is 45.8. The van der Waals surface area contributed by atoms with Crippen LogP contribution in [0.25, 0.3) is 0 Å². The zero-order chi connectivity index (χ0) is 26.1. The average Bonchev–Trinajstić information content (AvgIpc) is 2.87. The van der Waals surface area contributed by atoms with Crippen LogP contribution in [0.4, 0.5) is 13.2 Å². The molecular formula is C27H26ClF3N2O3. The number of amides is 2. The van der Waals surface area contributed by atoms with Gasteiger partial charge in [0.25, 0.3) is 6.43 Å². The number of methoxy groups -OCH3 is 1.